The van der Waals surface area contributed by atoms with Gasteiger partial charge in [-0.1, -0.05) is 0 Å². The van der Waals surface area contributed by atoms with Crippen LogP contribution in [0.15, 0.2) is 18.5 Å². The van der Waals surface area contributed by atoms with E-state index in [1.165, 1.54) is 4.31 Å². The second kappa shape index (κ2) is 5.58. The number of fused-ring (bicyclic) bond motifs is 1. The van der Waals surface area contributed by atoms with Crippen LogP contribution in [0.1, 0.15) is 17.1 Å². The lowest BCUT2D eigenvalue weighted by molar-refractivity contribution is 0.278. The number of aromatic nitrogens is 4. The van der Waals surface area contributed by atoms with Crippen molar-refractivity contribution in [2.24, 2.45) is 0 Å². The van der Waals surface area contributed by atoms with Gasteiger partial charge in [-0.3, -0.25) is 4.40 Å². The Morgan fingerprint density at radius 1 is 1.48 bits per heavy atom. The monoisotopic (exact) mass is 325 g/mol. The van der Waals surface area contributed by atoms with Crippen molar-refractivity contribution in [3.63, 3.8) is 0 Å². The Hall–Kier alpha value is -1.71. The number of hydrogen-bond acceptors (Lipinski definition) is 7. The predicted octanol–water partition coefficient (Wildman–Crippen LogP) is 2.97. The topological polar surface area (TPSA) is 66.5 Å². The summed E-state index contributed by atoms with van der Waals surface area (Å²) in [7, 11) is 0. The van der Waals surface area contributed by atoms with Crippen molar-refractivity contribution < 1.29 is 8.99 Å². The van der Waals surface area contributed by atoms with Gasteiger partial charge in [0.25, 0.3) is 0 Å². The zero-order valence-corrected chi connectivity index (χ0v) is 12.9. The summed E-state index contributed by atoms with van der Waals surface area (Å²) in [6, 6.07) is 1.63. The van der Waals surface area contributed by atoms with E-state index in [0.717, 1.165) is 22.9 Å². The van der Waals surface area contributed by atoms with Crippen molar-refractivity contribution in [2.75, 3.05) is 4.31 Å². The Kier molecular flexibility index (Phi) is 3.79. The molecule has 110 valence electrons. The van der Waals surface area contributed by atoms with Crippen LogP contribution < -0.4 is 4.31 Å². The van der Waals surface area contributed by atoms with Gasteiger partial charge in [0.1, 0.15) is 5.00 Å². The van der Waals surface area contributed by atoms with Crippen LogP contribution in [0.25, 0.3) is 5.65 Å². The molecule has 0 amide bonds. The average Bonchev–Trinajstić information content (AvgIpc) is 3.08. The van der Waals surface area contributed by atoms with Crippen molar-refractivity contribution in [3.05, 3.63) is 35.5 Å². The minimum Gasteiger partial charge on any atom is -0.390 e. The third kappa shape index (κ3) is 2.47. The summed E-state index contributed by atoms with van der Waals surface area (Å²) in [6.45, 7) is 3.59. The minimum atomic E-state index is -0.180. The second-order valence-electron chi connectivity index (χ2n) is 4.48. The maximum absolute atomic E-state index is 13.5. The van der Waals surface area contributed by atoms with E-state index in [-0.39, 0.29) is 18.9 Å². The summed E-state index contributed by atoms with van der Waals surface area (Å²) >= 11 is 1.14. The van der Waals surface area contributed by atoms with E-state index >= 15 is 0 Å². The highest BCUT2D eigenvalue weighted by Gasteiger charge is 2.20. The highest BCUT2D eigenvalue weighted by atomic mass is 32.2. The van der Waals surface area contributed by atoms with E-state index in [1.807, 2.05) is 24.4 Å². The molecule has 3 aromatic heterocycles. The molecule has 0 aromatic carbocycles. The van der Waals surface area contributed by atoms with Crippen LogP contribution >= 0.6 is 23.9 Å². The number of aryl methyl sites for hydroxylation is 2. The molecule has 0 aliphatic rings. The number of rotatable bonds is 4. The van der Waals surface area contributed by atoms with E-state index in [9.17, 15) is 3.89 Å². The van der Waals surface area contributed by atoms with Crippen LogP contribution in [0.4, 0.5) is 14.7 Å². The van der Waals surface area contributed by atoms with Crippen molar-refractivity contribution >= 4 is 40.3 Å². The molecule has 0 aliphatic carbocycles. The SMILES string of the molecule is Cc1cn2c(C)cnc2c(N(SF)c2cc(CO)ns2)n1. The third-order valence-corrected chi connectivity index (χ3v) is 4.39. The molecule has 21 heavy (non-hydrogen) atoms. The smallest absolute Gasteiger partial charge is 0.190 e. The van der Waals surface area contributed by atoms with Crippen LogP contribution in [-0.2, 0) is 6.61 Å². The van der Waals surface area contributed by atoms with Gasteiger partial charge in [-0.2, -0.15) is 4.37 Å². The van der Waals surface area contributed by atoms with Gasteiger partial charge in [-0.05, 0) is 31.4 Å². The van der Waals surface area contributed by atoms with Crippen LogP contribution in [0.3, 0.4) is 0 Å². The Morgan fingerprint density at radius 2 is 2.29 bits per heavy atom. The lowest BCUT2D eigenvalue weighted by Gasteiger charge is -2.16. The maximum atomic E-state index is 13.5. The molecule has 3 rings (SSSR count). The molecule has 0 atom stereocenters. The van der Waals surface area contributed by atoms with E-state index < -0.39 is 0 Å². The zero-order chi connectivity index (χ0) is 15.0. The van der Waals surface area contributed by atoms with E-state index in [2.05, 4.69) is 14.3 Å². The lowest BCUT2D eigenvalue weighted by atomic mass is 10.4. The summed E-state index contributed by atoms with van der Waals surface area (Å²) in [6.07, 6.45) is 3.57. The molecule has 0 aliphatic heterocycles. The van der Waals surface area contributed by atoms with Gasteiger partial charge in [-0.25, -0.2) is 14.3 Å². The van der Waals surface area contributed by atoms with Crippen molar-refractivity contribution in [1.29, 1.82) is 0 Å². The molecule has 0 radical (unpaired) electrons. The number of hydrogen-bond donors (Lipinski definition) is 1. The first-order valence-electron chi connectivity index (χ1n) is 6.10. The number of aliphatic hydroxyl groups is 1. The fourth-order valence-corrected chi connectivity index (χ4v) is 3.15. The van der Waals surface area contributed by atoms with Crippen LogP contribution in [-0.4, -0.2) is 23.8 Å². The van der Waals surface area contributed by atoms with Crippen LogP contribution in [0.2, 0.25) is 0 Å². The highest BCUT2D eigenvalue weighted by Crippen LogP contribution is 2.37. The van der Waals surface area contributed by atoms with Crippen LogP contribution in [0, 0.1) is 13.8 Å². The number of halogens is 1. The van der Waals surface area contributed by atoms with Gasteiger partial charge in [0, 0.05) is 18.1 Å². The summed E-state index contributed by atoms with van der Waals surface area (Å²) in [4.78, 5) is 8.69. The molecule has 9 heteroatoms. The summed E-state index contributed by atoms with van der Waals surface area (Å²) in [5.41, 5.74) is 2.77. The molecule has 0 saturated heterocycles. The minimum absolute atomic E-state index is 0.0390. The Bertz CT molecular complexity index is 787. The first kappa shape index (κ1) is 14.2. The number of nitrogens with zero attached hydrogens (tertiary/aromatic N) is 5. The summed E-state index contributed by atoms with van der Waals surface area (Å²) in [5.74, 6) is 0.406. The molecule has 3 aromatic rings. The number of anilines is 2. The van der Waals surface area contributed by atoms with Gasteiger partial charge >= 0.3 is 0 Å². The fraction of sp³-hybridized carbons (Fsp3) is 0.250. The quantitative estimate of drug-likeness (QED) is 0.744. The van der Waals surface area contributed by atoms with Crippen molar-refractivity contribution in [1.82, 2.24) is 18.7 Å². The largest absolute Gasteiger partial charge is 0.390 e. The maximum Gasteiger partial charge on any atom is 0.190 e. The molecule has 3 heterocycles. The van der Waals surface area contributed by atoms with Gasteiger partial charge in [0.2, 0.25) is 0 Å². The number of aliphatic hydroxyl groups excluding tert-OH is 1. The molecular formula is C12H12FN5OS2. The lowest BCUT2D eigenvalue weighted by Crippen LogP contribution is -2.09. The first-order valence-corrected chi connectivity index (χ1v) is 7.55. The molecule has 0 spiro atoms. The highest BCUT2D eigenvalue weighted by molar-refractivity contribution is 7.96. The predicted molar refractivity (Wildman–Crippen MR) is 81.3 cm³/mol. The van der Waals surface area contributed by atoms with Crippen molar-refractivity contribution in [3.8, 4) is 0 Å². The fourth-order valence-electron chi connectivity index (χ4n) is 1.99. The first-order chi connectivity index (χ1) is 10.1. The summed E-state index contributed by atoms with van der Waals surface area (Å²) in [5, 5.41) is 9.64. The Morgan fingerprint density at radius 3 is 2.95 bits per heavy atom. The summed E-state index contributed by atoms with van der Waals surface area (Å²) < 4.78 is 20.7. The van der Waals surface area contributed by atoms with E-state index in [0.29, 0.717) is 22.2 Å². The molecule has 0 bridgehead atoms. The molecule has 1 N–H and O–H groups in total. The van der Waals surface area contributed by atoms with Gasteiger partial charge in [-0.15, -0.1) is 3.89 Å². The second-order valence-corrected chi connectivity index (χ2v) is 5.76. The standard InChI is InChI=1S/C12H12FN5OS2/c1-7-5-17-8(2)4-14-11(17)12(15-7)18(21-13)10-3-9(6-19)16-20-10/h3-5,19H,6H2,1-2H3. The Labute approximate surface area is 128 Å². The Balaban J connectivity index is 2.16. The number of imidazole rings is 1. The molecule has 6 nitrogen and oxygen atoms in total. The molecule has 0 fully saturated rings. The normalized spacial score (nSPS) is 11.2. The van der Waals surface area contributed by atoms with Gasteiger partial charge in [0.05, 0.1) is 18.0 Å². The van der Waals surface area contributed by atoms with Crippen molar-refractivity contribution in [2.45, 2.75) is 20.5 Å². The van der Waals surface area contributed by atoms with Gasteiger partial charge < -0.3 is 5.11 Å². The van der Waals surface area contributed by atoms with Gasteiger partial charge in [0.15, 0.2) is 23.8 Å². The zero-order valence-electron chi connectivity index (χ0n) is 11.3. The molecule has 0 unspecified atom stereocenters. The average molecular weight is 325 g/mol. The molecule has 0 saturated carbocycles. The van der Waals surface area contributed by atoms with E-state index in [4.69, 9.17) is 5.11 Å². The molecular weight excluding hydrogens is 313 g/mol. The van der Waals surface area contributed by atoms with Crippen LogP contribution in [0.5, 0.6) is 0 Å². The third-order valence-electron chi connectivity index (χ3n) is 2.95. The van der Waals surface area contributed by atoms with E-state index in [1.54, 1.807) is 12.3 Å².